The van der Waals surface area contributed by atoms with Crippen molar-refractivity contribution in [1.29, 1.82) is 0 Å². The molecule has 6 nitrogen and oxygen atoms in total. The molecule has 0 bridgehead atoms. The topological polar surface area (TPSA) is 87.1 Å². The molecule has 2 aromatic rings. The molecule has 1 heterocycles. The molecule has 0 aromatic heterocycles. The Balaban J connectivity index is 0.000000300. The predicted octanol–water partition coefficient (Wildman–Crippen LogP) is 3.36. The molecule has 28 heavy (non-hydrogen) atoms. The Hall–Kier alpha value is -3.12. The number of nitrogens with zero attached hydrogens (tertiary/aromatic N) is 1. The summed E-state index contributed by atoms with van der Waals surface area (Å²) in [6, 6.07) is 18.9. The highest BCUT2D eigenvalue weighted by Gasteiger charge is 2.24. The van der Waals surface area contributed by atoms with Gasteiger partial charge >= 0.3 is 11.9 Å². The summed E-state index contributed by atoms with van der Waals surface area (Å²) in [5.41, 5.74) is 2.60. The van der Waals surface area contributed by atoms with Gasteiger partial charge in [-0.25, -0.2) is 9.59 Å². The summed E-state index contributed by atoms with van der Waals surface area (Å²) >= 11 is 0. The van der Waals surface area contributed by atoms with E-state index in [9.17, 15) is 9.59 Å². The summed E-state index contributed by atoms with van der Waals surface area (Å²) in [7, 11) is 0. The number of rotatable bonds is 6. The van der Waals surface area contributed by atoms with Gasteiger partial charge in [0.25, 0.3) is 0 Å². The number of ether oxygens (including phenoxy) is 1. The smallest absolute Gasteiger partial charge is 0.328 e. The molecule has 2 aromatic carbocycles. The van der Waals surface area contributed by atoms with E-state index in [4.69, 9.17) is 14.9 Å². The minimum Gasteiger partial charge on any atom is -0.489 e. The van der Waals surface area contributed by atoms with Crippen LogP contribution in [0.2, 0.25) is 0 Å². The fourth-order valence-corrected chi connectivity index (χ4v) is 2.89. The SMILES string of the molecule is Cc1ccccc1OC1CCN(Cc2ccccc2)C1.O=C(O)C=CC(=O)O. The van der Waals surface area contributed by atoms with Crippen LogP contribution in [0.25, 0.3) is 0 Å². The number of carbonyl (C=O) groups is 2. The lowest BCUT2D eigenvalue weighted by atomic mass is 10.2. The second kappa shape index (κ2) is 10.9. The van der Waals surface area contributed by atoms with Crippen LogP contribution in [0.4, 0.5) is 0 Å². The third-order valence-electron chi connectivity index (χ3n) is 4.23. The quantitative estimate of drug-likeness (QED) is 0.744. The van der Waals surface area contributed by atoms with Crippen LogP contribution in [-0.2, 0) is 16.1 Å². The Bertz CT molecular complexity index is 788. The molecule has 2 N–H and O–H groups in total. The number of benzene rings is 2. The highest BCUT2D eigenvalue weighted by Crippen LogP contribution is 2.22. The number of hydrogen-bond donors (Lipinski definition) is 2. The Morgan fingerprint density at radius 3 is 2.25 bits per heavy atom. The first-order valence-electron chi connectivity index (χ1n) is 9.06. The van der Waals surface area contributed by atoms with Crippen molar-refractivity contribution in [3.8, 4) is 5.75 Å². The van der Waals surface area contributed by atoms with Crippen LogP contribution < -0.4 is 4.74 Å². The van der Waals surface area contributed by atoms with E-state index in [1.807, 2.05) is 6.07 Å². The zero-order valence-electron chi connectivity index (χ0n) is 15.8. The van der Waals surface area contributed by atoms with Gasteiger partial charge in [0, 0.05) is 31.8 Å². The molecule has 3 rings (SSSR count). The molecule has 6 heteroatoms. The van der Waals surface area contributed by atoms with Crippen molar-refractivity contribution in [3.05, 3.63) is 77.9 Å². The zero-order chi connectivity index (χ0) is 20.4. The van der Waals surface area contributed by atoms with Crippen molar-refractivity contribution in [2.24, 2.45) is 0 Å². The standard InChI is InChI=1S/C18H21NO.C4H4O4/c1-15-7-5-6-10-18(15)20-17-11-12-19(14-17)13-16-8-3-2-4-9-16;5-3(6)1-2-4(7)8/h2-10,17H,11-14H2,1H3;1-2H,(H,5,6)(H,7,8). The summed E-state index contributed by atoms with van der Waals surface area (Å²) in [6.45, 7) is 5.26. The second-order valence-corrected chi connectivity index (χ2v) is 6.52. The van der Waals surface area contributed by atoms with E-state index in [0.717, 1.165) is 31.8 Å². The van der Waals surface area contributed by atoms with Gasteiger partial charge in [0.05, 0.1) is 0 Å². The highest BCUT2D eigenvalue weighted by atomic mass is 16.5. The van der Waals surface area contributed by atoms with Gasteiger partial charge < -0.3 is 14.9 Å². The van der Waals surface area contributed by atoms with E-state index in [1.165, 1.54) is 11.1 Å². The first-order valence-corrected chi connectivity index (χ1v) is 9.06. The number of aryl methyl sites for hydroxylation is 1. The molecule has 1 aliphatic rings. The number of likely N-dealkylation sites (tertiary alicyclic amines) is 1. The lowest BCUT2D eigenvalue weighted by Crippen LogP contribution is -2.24. The van der Waals surface area contributed by atoms with Crippen LogP contribution in [0, 0.1) is 6.92 Å². The van der Waals surface area contributed by atoms with E-state index in [1.54, 1.807) is 0 Å². The normalized spacial score (nSPS) is 16.4. The van der Waals surface area contributed by atoms with Crippen LogP contribution >= 0.6 is 0 Å². The fraction of sp³-hybridized carbons (Fsp3) is 0.273. The van der Waals surface area contributed by atoms with Crippen molar-refractivity contribution in [2.75, 3.05) is 13.1 Å². The Morgan fingerprint density at radius 2 is 1.64 bits per heavy atom. The minimum atomic E-state index is -1.26. The molecule has 1 aliphatic heterocycles. The number of carboxylic acid groups (broad SMARTS) is 2. The molecule has 0 radical (unpaired) electrons. The third kappa shape index (κ3) is 7.63. The van der Waals surface area contributed by atoms with Gasteiger partial charge in [-0.2, -0.15) is 0 Å². The highest BCUT2D eigenvalue weighted by molar-refractivity contribution is 5.89. The van der Waals surface area contributed by atoms with Crippen LogP contribution in [0.15, 0.2) is 66.7 Å². The molecule has 1 saturated heterocycles. The molecular formula is C22H25NO5. The molecule has 1 atom stereocenters. The Labute approximate surface area is 164 Å². The fourth-order valence-electron chi connectivity index (χ4n) is 2.89. The largest absolute Gasteiger partial charge is 0.489 e. The van der Waals surface area contributed by atoms with Crippen molar-refractivity contribution in [3.63, 3.8) is 0 Å². The van der Waals surface area contributed by atoms with E-state index < -0.39 is 11.9 Å². The summed E-state index contributed by atoms with van der Waals surface area (Å²) < 4.78 is 6.13. The molecule has 1 unspecified atom stereocenters. The molecule has 1 fully saturated rings. The maximum absolute atomic E-state index is 9.55. The maximum Gasteiger partial charge on any atom is 0.328 e. The van der Waals surface area contributed by atoms with Gasteiger partial charge in [0.15, 0.2) is 0 Å². The van der Waals surface area contributed by atoms with E-state index in [2.05, 4.69) is 60.4 Å². The summed E-state index contributed by atoms with van der Waals surface area (Å²) in [6.07, 6.45) is 2.55. The van der Waals surface area contributed by atoms with Crippen molar-refractivity contribution < 1.29 is 24.5 Å². The lowest BCUT2D eigenvalue weighted by Gasteiger charge is -2.17. The van der Waals surface area contributed by atoms with Crippen LogP contribution in [0.1, 0.15) is 17.5 Å². The third-order valence-corrected chi connectivity index (χ3v) is 4.23. The molecule has 0 amide bonds. The molecule has 0 aliphatic carbocycles. The summed E-state index contributed by atoms with van der Waals surface area (Å²) in [4.78, 5) is 21.6. The van der Waals surface area contributed by atoms with Gasteiger partial charge in [0.1, 0.15) is 11.9 Å². The summed E-state index contributed by atoms with van der Waals surface area (Å²) in [5.74, 6) is -1.49. The van der Waals surface area contributed by atoms with Gasteiger partial charge in [-0.15, -0.1) is 0 Å². The van der Waals surface area contributed by atoms with Crippen LogP contribution in [-0.4, -0.2) is 46.2 Å². The Morgan fingerprint density at radius 1 is 1.04 bits per heavy atom. The van der Waals surface area contributed by atoms with Crippen LogP contribution in [0.3, 0.4) is 0 Å². The van der Waals surface area contributed by atoms with Crippen molar-refractivity contribution in [2.45, 2.75) is 26.0 Å². The first kappa shape index (κ1) is 21.2. The number of para-hydroxylation sites is 1. The zero-order valence-corrected chi connectivity index (χ0v) is 15.8. The molecule has 0 spiro atoms. The molecule has 148 valence electrons. The maximum atomic E-state index is 9.55. The van der Waals surface area contributed by atoms with Gasteiger partial charge in [-0.05, 0) is 30.5 Å². The van der Waals surface area contributed by atoms with E-state index in [-0.39, 0.29) is 0 Å². The van der Waals surface area contributed by atoms with Gasteiger partial charge in [-0.3, -0.25) is 4.90 Å². The number of aliphatic carboxylic acids is 2. The van der Waals surface area contributed by atoms with Gasteiger partial charge in [0.2, 0.25) is 0 Å². The average Bonchev–Trinajstić information content (AvgIpc) is 3.10. The predicted molar refractivity (Wildman–Crippen MR) is 106 cm³/mol. The first-order chi connectivity index (χ1) is 13.4. The lowest BCUT2D eigenvalue weighted by molar-refractivity contribution is -0.134. The van der Waals surface area contributed by atoms with E-state index >= 15 is 0 Å². The van der Waals surface area contributed by atoms with Crippen molar-refractivity contribution >= 4 is 11.9 Å². The summed E-state index contributed by atoms with van der Waals surface area (Å²) in [5, 5.41) is 15.6. The van der Waals surface area contributed by atoms with Crippen molar-refractivity contribution in [1.82, 2.24) is 4.90 Å². The Kier molecular flexibility index (Phi) is 8.24. The minimum absolute atomic E-state index is 0.319. The molecular weight excluding hydrogens is 358 g/mol. The molecule has 0 saturated carbocycles. The van der Waals surface area contributed by atoms with Crippen LogP contribution in [0.5, 0.6) is 5.75 Å². The van der Waals surface area contributed by atoms with Gasteiger partial charge in [-0.1, -0.05) is 48.5 Å². The second-order valence-electron chi connectivity index (χ2n) is 6.52. The number of hydrogen-bond acceptors (Lipinski definition) is 4. The monoisotopic (exact) mass is 383 g/mol. The average molecular weight is 383 g/mol. The number of carboxylic acids is 2. The van der Waals surface area contributed by atoms with E-state index in [0.29, 0.717) is 18.3 Å².